The van der Waals surface area contributed by atoms with Gasteiger partial charge in [0.2, 0.25) is 10.0 Å². The van der Waals surface area contributed by atoms with E-state index in [1.165, 1.54) is 5.56 Å². The van der Waals surface area contributed by atoms with Crippen LogP contribution in [0.5, 0.6) is 5.75 Å². The third-order valence-corrected chi connectivity index (χ3v) is 6.62. The van der Waals surface area contributed by atoms with Crippen molar-refractivity contribution in [3.63, 3.8) is 0 Å². The number of nitrogens with one attached hydrogen (secondary N) is 1. The van der Waals surface area contributed by atoms with Crippen molar-refractivity contribution < 1.29 is 26.7 Å². The number of carbonyl (C=O) groups is 1. The van der Waals surface area contributed by atoms with E-state index >= 15 is 0 Å². The summed E-state index contributed by atoms with van der Waals surface area (Å²) in [5, 5.41) is 2.77. The second-order valence-electron chi connectivity index (χ2n) is 9.44. The fourth-order valence-electron chi connectivity index (χ4n) is 3.48. The first-order chi connectivity index (χ1) is 16.8. The van der Waals surface area contributed by atoms with Gasteiger partial charge < -0.3 is 10.1 Å². The Morgan fingerprint density at radius 1 is 0.972 bits per heavy atom. The molecule has 0 unspecified atom stereocenters. The van der Waals surface area contributed by atoms with Crippen molar-refractivity contribution in [3.8, 4) is 5.75 Å². The first-order valence-corrected chi connectivity index (χ1v) is 13.2. The molecule has 1 amide bonds. The number of nitrogens with zero attached hydrogens (tertiary/aromatic N) is 1. The van der Waals surface area contributed by atoms with Gasteiger partial charge in [-0.15, -0.1) is 0 Å². The molecule has 0 fully saturated rings. The zero-order chi connectivity index (χ0) is 26.5. The maximum atomic E-state index is 14.2. The number of hydrogen-bond donors (Lipinski definition) is 1. The quantitative estimate of drug-likeness (QED) is 0.405. The van der Waals surface area contributed by atoms with Gasteiger partial charge in [0, 0.05) is 11.6 Å². The van der Waals surface area contributed by atoms with Gasteiger partial charge in [0.25, 0.3) is 5.91 Å². The molecule has 0 aromatic heterocycles. The lowest BCUT2D eigenvalue weighted by atomic mass is 9.87. The number of halogens is 2. The molecule has 0 spiro atoms. The van der Waals surface area contributed by atoms with Crippen LogP contribution in [0.25, 0.3) is 0 Å². The SMILES string of the molecule is CC(C)(C)c1ccc(OCCNC(=O)c2ccc(CN(c3ccc(F)cc3F)S(C)(=O)=O)cc2)cc1. The molecule has 0 saturated heterocycles. The Morgan fingerprint density at radius 3 is 2.17 bits per heavy atom. The first-order valence-electron chi connectivity index (χ1n) is 11.4. The molecule has 3 aromatic rings. The molecular formula is C27H30F2N2O4S. The summed E-state index contributed by atoms with van der Waals surface area (Å²) in [6, 6.07) is 16.8. The Balaban J connectivity index is 1.56. The summed E-state index contributed by atoms with van der Waals surface area (Å²) in [5.74, 6) is -1.37. The summed E-state index contributed by atoms with van der Waals surface area (Å²) >= 11 is 0. The van der Waals surface area contributed by atoms with Crippen LogP contribution in [-0.4, -0.2) is 33.7 Å². The number of benzene rings is 3. The monoisotopic (exact) mass is 516 g/mol. The molecule has 0 aliphatic heterocycles. The van der Waals surface area contributed by atoms with Crippen molar-refractivity contribution in [2.45, 2.75) is 32.7 Å². The zero-order valence-corrected chi connectivity index (χ0v) is 21.5. The van der Waals surface area contributed by atoms with Crippen LogP contribution in [0, 0.1) is 11.6 Å². The molecule has 0 saturated carbocycles. The molecule has 0 radical (unpaired) electrons. The molecule has 3 aromatic carbocycles. The van der Waals surface area contributed by atoms with Gasteiger partial charge in [0.15, 0.2) is 0 Å². The van der Waals surface area contributed by atoms with E-state index in [0.29, 0.717) is 30.3 Å². The van der Waals surface area contributed by atoms with Crippen LogP contribution in [0.1, 0.15) is 42.3 Å². The van der Waals surface area contributed by atoms with E-state index in [-0.39, 0.29) is 23.6 Å². The molecule has 0 aliphatic rings. The highest BCUT2D eigenvalue weighted by atomic mass is 32.2. The van der Waals surface area contributed by atoms with Crippen molar-refractivity contribution in [2.75, 3.05) is 23.7 Å². The molecule has 6 nitrogen and oxygen atoms in total. The van der Waals surface area contributed by atoms with Gasteiger partial charge in [-0.05, 0) is 52.9 Å². The van der Waals surface area contributed by atoms with Gasteiger partial charge in [-0.3, -0.25) is 9.10 Å². The third-order valence-electron chi connectivity index (χ3n) is 5.50. The van der Waals surface area contributed by atoms with Crippen molar-refractivity contribution in [1.29, 1.82) is 0 Å². The summed E-state index contributed by atoms with van der Waals surface area (Å²) in [6.07, 6.45) is 0.943. The summed E-state index contributed by atoms with van der Waals surface area (Å²) in [4.78, 5) is 12.4. The Hall–Kier alpha value is -3.46. The van der Waals surface area contributed by atoms with Crippen LogP contribution < -0.4 is 14.4 Å². The van der Waals surface area contributed by atoms with E-state index in [0.717, 1.165) is 28.4 Å². The fraction of sp³-hybridized carbons (Fsp3) is 0.296. The molecule has 36 heavy (non-hydrogen) atoms. The summed E-state index contributed by atoms with van der Waals surface area (Å²) < 4.78 is 58.5. The van der Waals surface area contributed by atoms with Crippen LogP contribution >= 0.6 is 0 Å². The van der Waals surface area contributed by atoms with E-state index in [1.807, 2.05) is 24.3 Å². The molecule has 0 aliphatic carbocycles. The third kappa shape index (κ3) is 7.27. The number of amides is 1. The van der Waals surface area contributed by atoms with E-state index in [2.05, 4.69) is 26.1 Å². The van der Waals surface area contributed by atoms with E-state index < -0.39 is 21.7 Å². The van der Waals surface area contributed by atoms with Gasteiger partial charge in [-0.1, -0.05) is 45.0 Å². The average molecular weight is 517 g/mol. The van der Waals surface area contributed by atoms with E-state index in [4.69, 9.17) is 4.74 Å². The molecule has 192 valence electrons. The van der Waals surface area contributed by atoms with Crippen LogP contribution in [0.15, 0.2) is 66.7 Å². The maximum Gasteiger partial charge on any atom is 0.251 e. The lowest BCUT2D eigenvalue weighted by Gasteiger charge is -2.23. The Labute approximate surface area is 211 Å². The second-order valence-corrected chi connectivity index (χ2v) is 11.3. The molecular weight excluding hydrogens is 486 g/mol. The highest BCUT2D eigenvalue weighted by Gasteiger charge is 2.22. The first kappa shape index (κ1) is 27.1. The van der Waals surface area contributed by atoms with E-state index in [1.54, 1.807) is 24.3 Å². The molecule has 3 rings (SSSR count). The molecule has 0 bridgehead atoms. The van der Waals surface area contributed by atoms with E-state index in [9.17, 15) is 22.0 Å². The number of ether oxygens (including phenoxy) is 1. The van der Waals surface area contributed by atoms with Crippen LogP contribution in [-0.2, 0) is 22.0 Å². The Kier molecular flexibility index (Phi) is 8.35. The number of hydrogen-bond acceptors (Lipinski definition) is 4. The smallest absolute Gasteiger partial charge is 0.251 e. The minimum atomic E-state index is -3.85. The van der Waals surface area contributed by atoms with Gasteiger partial charge in [0.05, 0.1) is 25.0 Å². The Morgan fingerprint density at radius 2 is 1.61 bits per heavy atom. The summed E-state index contributed by atoms with van der Waals surface area (Å²) in [6.45, 7) is 6.83. The predicted octanol–water partition coefficient (Wildman–Crippen LogP) is 5.04. The second kappa shape index (κ2) is 11.1. The molecule has 0 atom stereocenters. The van der Waals surface area contributed by atoms with Crippen molar-refractivity contribution in [1.82, 2.24) is 5.32 Å². The van der Waals surface area contributed by atoms with Gasteiger partial charge in [-0.25, -0.2) is 17.2 Å². The standard InChI is InChI=1S/C27H30F2N2O4S/c1-27(2,3)21-9-12-23(13-10-21)35-16-15-30-26(32)20-7-5-19(6-8-20)18-31(36(4,33)34)25-14-11-22(28)17-24(25)29/h5-14,17H,15-16,18H2,1-4H3,(H,30,32). The average Bonchev–Trinajstić information content (AvgIpc) is 2.80. The molecule has 1 N–H and O–H groups in total. The number of anilines is 1. The highest BCUT2D eigenvalue weighted by Crippen LogP contribution is 2.25. The topological polar surface area (TPSA) is 75.7 Å². The van der Waals surface area contributed by atoms with Crippen LogP contribution in [0.4, 0.5) is 14.5 Å². The van der Waals surface area contributed by atoms with Crippen LogP contribution in [0.2, 0.25) is 0 Å². The van der Waals surface area contributed by atoms with Crippen molar-refractivity contribution >= 4 is 21.6 Å². The van der Waals surface area contributed by atoms with Gasteiger partial charge >= 0.3 is 0 Å². The van der Waals surface area contributed by atoms with Crippen LogP contribution in [0.3, 0.4) is 0 Å². The number of sulfonamides is 1. The maximum absolute atomic E-state index is 14.2. The van der Waals surface area contributed by atoms with Crippen molar-refractivity contribution in [2.24, 2.45) is 0 Å². The lowest BCUT2D eigenvalue weighted by Crippen LogP contribution is -2.30. The zero-order valence-electron chi connectivity index (χ0n) is 20.7. The molecule has 0 heterocycles. The highest BCUT2D eigenvalue weighted by molar-refractivity contribution is 7.92. The predicted molar refractivity (Wildman–Crippen MR) is 137 cm³/mol. The molecule has 9 heteroatoms. The van der Waals surface area contributed by atoms with Gasteiger partial charge in [-0.2, -0.15) is 0 Å². The normalized spacial score (nSPS) is 11.7. The Bertz CT molecular complexity index is 1300. The summed E-state index contributed by atoms with van der Waals surface area (Å²) in [7, 11) is -3.85. The van der Waals surface area contributed by atoms with Crippen molar-refractivity contribution in [3.05, 3.63) is 95.1 Å². The minimum absolute atomic E-state index is 0.0578. The fourth-order valence-corrected chi connectivity index (χ4v) is 4.37. The summed E-state index contributed by atoms with van der Waals surface area (Å²) in [5.41, 5.74) is 1.92. The number of rotatable bonds is 9. The lowest BCUT2D eigenvalue weighted by molar-refractivity contribution is 0.0947. The minimum Gasteiger partial charge on any atom is -0.492 e. The largest absolute Gasteiger partial charge is 0.492 e. The van der Waals surface area contributed by atoms with Gasteiger partial charge in [0.1, 0.15) is 24.0 Å². The number of carbonyl (C=O) groups excluding carboxylic acids is 1.